The third-order valence-electron chi connectivity index (χ3n) is 6.18. The van der Waals surface area contributed by atoms with Crippen LogP contribution in [0, 0.1) is 32.1 Å². The maximum absolute atomic E-state index is 13.5. The highest BCUT2D eigenvalue weighted by Crippen LogP contribution is 2.39. The molecule has 2 aromatic carbocycles. The highest BCUT2D eigenvalue weighted by molar-refractivity contribution is 6.30. The van der Waals surface area contributed by atoms with Crippen molar-refractivity contribution < 1.29 is 24.2 Å². The lowest BCUT2D eigenvalue weighted by atomic mass is 9.81. The van der Waals surface area contributed by atoms with E-state index in [4.69, 9.17) is 11.6 Å². The average Bonchev–Trinajstić information content (AvgIpc) is 3.08. The predicted molar refractivity (Wildman–Crippen MR) is 118 cm³/mol. The molecule has 0 aromatic heterocycles. The number of imide groups is 1. The minimum absolute atomic E-state index is 0.0160. The van der Waals surface area contributed by atoms with Gasteiger partial charge in [-0.25, -0.2) is 5.01 Å². The van der Waals surface area contributed by atoms with Gasteiger partial charge in [-0.05, 0) is 37.1 Å². The van der Waals surface area contributed by atoms with Crippen LogP contribution in [-0.4, -0.2) is 37.6 Å². The van der Waals surface area contributed by atoms with Gasteiger partial charge in [0.15, 0.2) is 0 Å². The number of non-ortho nitro benzene ring substituents is 1. The van der Waals surface area contributed by atoms with Crippen molar-refractivity contribution in [2.75, 3.05) is 0 Å². The van der Waals surface area contributed by atoms with E-state index in [9.17, 15) is 34.6 Å². The Labute approximate surface area is 198 Å². The highest BCUT2D eigenvalue weighted by atomic mass is 35.5. The van der Waals surface area contributed by atoms with Crippen LogP contribution in [0.5, 0.6) is 0 Å². The zero-order valence-corrected chi connectivity index (χ0v) is 18.5. The topological polar surface area (TPSA) is 144 Å². The molecule has 1 aliphatic heterocycles. The van der Waals surface area contributed by atoms with E-state index in [1.165, 1.54) is 24.3 Å². The molecule has 1 heterocycles. The van der Waals surface area contributed by atoms with Crippen LogP contribution in [0.25, 0.3) is 0 Å². The first-order chi connectivity index (χ1) is 16.2. The maximum Gasteiger partial charge on any atom is 0.275 e. The van der Waals surface area contributed by atoms with Crippen LogP contribution in [-0.2, 0) is 16.1 Å². The molecule has 11 nitrogen and oxygen atoms in total. The Hall–Kier alpha value is -3.86. The standard InChI is InChI=1S/C22H19ClN4O7/c23-15-8-5-14(19(11-15)27(33)34)12-24(20(28)13-6-9-16(10-7-13)26(31)32)25-21(29)17-3-1-2-4-18(17)22(25)30/h5-11,17-18H,1-4,12H2/t17-,18-/m1/s1. The Kier molecular flexibility index (Phi) is 6.29. The van der Waals surface area contributed by atoms with Crippen molar-refractivity contribution in [2.24, 2.45) is 11.8 Å². The van der Waals surface area contributed by atoms with Crippen LogP contribution in [0.2, 0.25) is 5.02 Å². The zero-order valence-electron chi connectivity index (χ0n) is 17.8. The summed E-state index contributed by atoms with van der Waals surface area (Å²) >= 11 is 5.89. The second-order valence-electron chi connectivity index (χ2n) is 8.18. The summed E-state index contributed by atoms with van der Waals surface area (Å²) in [5, 5.41) is 24.3. The van der Waals surface area contributed by atoms with Gasteiger partial charge in [-0.1, -0.05) is 24.4 Å². The Balaban J connectivity index is 1.76. The highest BCUT2D eigenvalue weighted by Gasteiger charge is 2.51. The summed E-state index contributed by atoms with van der Waals surface area (Å²) in [5.41, 5.74) is -0.556. The van der Waals surface area contributed by atoms with Crippen molar-refractivity contribution in [1.29, 1.82) is 0 Å². The van der Waals surface area contributed by atoms with E-state index in [0.29, 0.717) is 12.8 Å². The molecule has 0 N–H and O–H groups in total. The quantitative estimate of drug-likeness (QED) is 0.342. The molecule has 1 saturated carbocycles. The molecule has 176 valence electrons. The van der Waals surface area contributed by atoms with Gasteiger partial charge in [0.1, 0.15) is 0 Å². The number of carbonyl (C=O) groups excluding carboxylic acids is 3. The van der Waals surface area contributed by atoms with Gasteiger partial charge in [-0.15, -0.1) is 0 Å². The van der Waals surface area contributed by atoms with Crippen molar-refractivity contribution in [3.63, 3.8) is 0 Å². The minimum Gasteiger partial charge on any atom is -0.272 e. The van der Waals surface area contributed by atoms with Crippen molar-refractivity contribution in [3.05, 3.63) is 78.8 Å². The molecule has 2 aromatic rings. The molecule has 1 aliphatic carbocycles. The van der Waals surface area contributed by atoms with Gasteiger partial charge < -0.3 is 0 Å². The SMILES string of the molecule is O=C(c1ccc([N+](=O)[O-])cc1)N(Cc1ccc(Cl)cc1[N+](=O)[O-])N1C(=O)[C@@H]2CCCC[C@H]2C1=O. The molecule has 0 spiro atoms. The molecule has 2 fully saturated rings. The fraction of sp³-hybridized carbons (Fsp3) is 0.318. The molecule has 1 saturated heterocycles. The molecule has 3 amide bonds. The molecular weight excluding hydrogens is 468 g/mol. The summed E-state index contributed by atoms with van der Waals surface area (Å²) in [6, 6.07) is 8.57. The van der Waals surface area contributed by atoms with Crippen molar-refractivity contribution in [2.45, 2.75) is 32.2 Å². The molecular formula is C22H19ClN4O7. The summed E-state index contributed by atoms with van der Waals surface area (Å²) in [4.78, 5) is 61.1. The predicted octanol–water partition coefficient (Wildman–Crippen LogP) is 3.89. The molecule has 0 unspecified atom stereocenters. The number of hydrogen-bond donors (Lipinski definition) is 0. The van der Waals surface area contributed by atoms with Gasteiger partial charge >= 0.3 is 0 Å². The van der Waals surface area contributed by atoms with Crippen LogP contribution in [0.3, 0.4) is 0 Å². The molecule has 2 atom stereocenters. The summed E-state index contributed by atoms with van der Waals surface area (Å²) in [7, 11) is 0. The number of nitro groups is 2. The first kappa shape index (κ1) is 23.3. The number of carbonyl (C=O) groups is 3. The van der Waals surface area contributed by atoms with E-state index in [1.54, 1.807) is 0 Å². The molecule has 4 rings (SSSR count). The van der Waals surface area contributed by atoms with E-state index in [1.807, 2.05) is 0 Å². The Bertz CT molecular complexity index is 1180. The number of hydrazine groups is 1. The van der Waals surface area contributed by atoms with Gasteiger partial charge in [0.2, 0.25) is 0 Å². The summed E-state index contributed by atoms with van der Waals surface area (Å²) in [6.07, 6.45) is 2.61. The monoisotopic (exact) mass is 486 g/mol. The number of nitrogens with zero attached hydrogens (tertiary/aromatic N) is 4. The molecule has 2 aliphatic rings. The lowest BCUT2D eigenvalue weighted by molar-refractivity contribution is -0.385. The van der Waals surface area contributed by atoms with Gasteiger partial charge in [-0.2, -0.15) is 5.01 Å². The van der Waals surface area contributed by atoms with E-state index in [2.05, 4.69) is 0 Å². The number of fused-ring (bicyclic) bond motifs is 1. The number of amides is 3. The van der Waals surface area contributed by atoms with Gasteiger partial charge in [0.25, 0.3) is 29.1 Å². The van der Waals surface area contributed by atoms with Crippen LogP contribution in [0.4, 0.5) is 11.4 Å². The smallest absolute Gasteiger partial charge is 0.272 e. The van der Waals surface area contributed by atoms with E-state index in [0.717, 1.165) is 41.1 Å². The normalized spacial score (nSPS) is 19.6. The van der Waals surface area contributed by atoms with Gasteiger partial charge in [0, 0.05) is 28.8 Å². The maximum atomic E-state index is 13.5. The Morgan fingerprint density at radius 3 is 2.09 bits per heavy atom. The van der Waals surface area contributed by atoms with Crippen molar-refractivity contribution in [3.8, 4) is 0 Å². The number of nitro benzene ring substituents is 2. The van der Waals surface area contributed by atoms with Gasteiger partial charge in [0.05, 0.1) is 33.8 Å². The first-order valence-electron chi connectivity index (χ1n) is 10.6. The van der Waals surface area contributed by atoms with Crippen LogP contribution >= 0.6 is 11.6 Å². The van der Waals surface area contributed by atoms with Crippen molar-refractivity contribution >= 4 is 40.7 Å². The third kappa shape index (κ3) is 4.21. The molecule has 0 radical (unpaired) electrons. The van der Waals surface area contributed by atoms with Crippen molar-refractivity contribution in [1.82, 2.24) is 10.0 Å². The second kappa shape index (κ2) is 9.18. The van der Waals surface area contributed by atoms with Crippen LogP contribution < -0.4 is 0 Å². The fourth-order valence-electron chi connectivity index (χ4n) is 4.49. The Morgan fingerprint density at radius 2 is 1.56 bits per heavy atom. The fourth-order valence-corrected chi connectivity index (χ4v) is 4.66. The minimum atomic E-state index is -0.792. The summed E-state index contributed by atoms with van der Waals surface area (Å²) < 4.78 is 0. The number of halogens is 1. The number of benzene rings is 2. The summed E-state index contributed by atoms with van der Waals surface area (Å²) in [6.45, 7) is -0.444. The largest absolute Gasteiger partial charge is 0.275 e. The number of hydrogen-bond acceptors (Lipinski definition) is 7. The molecule has 34 heavy (non-hydrogen) atoms. The molecule has 0 bridgehead atoms. The number of rotatable bonds is 6. The molecule has 12 heteroatoms. The third-order valence-corrected chi connectivity index (χ3v) is 6.42. The Morgan fingerprint density at radius 1 is 0.971 bits per heavy atom. The first-order valence-corrected chi connectivity index (χ1v) is 10.9. The summed E-state index contributed by atoms with van der Waals surface area (Å²) in [5.74, 6) is -2.94. The van der Waals surface area contributed by atoms with E-state index < -0.39 is 45.9 Å². The van der Waals surface area contributed by atoms with Crippen LogP contribution in [0.1, 0.15) is 41.6 Å². The van der Waals surface area contributed by atoms with Crippen LogP contribution in [0.15, 0.2) is 42.5 Å². The van der Waals surface area contributed by atoms with Gasteiger partial charge in [-0.3, -0.25) is 34.6 Å². The second-order valence-corrected chi connectivity index (χ2v) is 8.62. The van der Waals surface area contributed by atoms with E-state index >= 15 is 0 Å². The zero-order chi connectivity index (χ0) is 24.6. The van der Waals surface area contributed by atoms with E-state index in [-0.39, 0.29) is 27.5 Å². The lowest BCUT2D eigenvalue weighted by Crippen LogP contribution is -2.49. The average molecular weight is 487 g/mol. The lowest BCUT2D eigenvalue weighted by Gasteiger charge is -2.30.